The van der Waals surface area contributed by atoms with Gasteiger partial charge in [-0.3, -0.25) is 4.79 Å². The standard InChI is InChI=1S/C11H25N3O3S/c1-6-13(7-2)11(15)10-12(5)18(16,17)14(8-3)9-4/h6-10H2,1-5H3. The highest BCUT2D eigenvalue weighted by atomic mass is 32.2. The van der Waals surface area contributed by atoms with Gasteiger partial charge < -0.3 is 4.90 Å². The van der Waals surface area contributed by atoms with Crippen molar-refractivity contribution in [2.75, 3.05) is 39.8 Å². The minimum absolute atomic E-state index is 0.111. The summed E-state index contributed by atoms with van der Waals surface area (Å²) in [5.41, 5.74) is 0. The molecule has 0 rings (SSSR count). The average molecular weight is 279 g/mol. The van der Waals surface area contributed by atoms with E-state index < -0.39 is 10.2 Å². The second-order valence-corrected chi connectivity index (χ2v) is 5.95. The van der Waals surface area contributed by atoms with Gasteiger partial charge in [0, 0.05) is 33.2 Å². The minimum atomic E-state index is -3.53. The fraction of sp³-hybridized carbons (Fsp3) is 0.909. The van der Waals surface area contributed by atoms with Crippen LogP contribution in [0.3, 0.4) is 0 Å². The predicted octanol–water partition coefficient (Wildman–Crippen LogP) is 0.373. The second kappa shape index (κ2) is 7.70. The molecule has 0 bridgehead atoms. The Hall–Kier alpha value is -0.660. The van der Waals surface area contributed by atoms with E-state index in [-0.39, 0.29) is 12.5 Å². The van der Waals surface area contributed by atoms with Crippen molar-refractivity contribution in [3.05, 3.63) is 0 Å². The van der Waals surface area contributed by atoms with E-state index in [1.807, 2.05) is 13.8 Å². The lowest BCUT2D eigenvalue weighted by Crippen LogP contribution is -2.46. The molecule has 0 atom stereocenters. The normalized spacial score (nSPS) is 12.2. The molecule has 108 valence electrons. The Balaban J connectivity index is 4.76. The van der Waals surface area contributed by atoms with Crippen molar-refractivity contribution < 1.29 is 13.2 Å². The van der Waals surface area contributed by atoms with E-state index in [1.165, 1.54) is 11.4 Å². The summed E-state index contributed by atoms with van der Waals surface area (Å²) in [6, 6.07) is 0. The molecule has 0 spiro atoms. The van der Waals surface area contributed by atoms with Crippen LogP contribution in [0.4, 0.5) is 0 Å². The molecular weight excluding hydrogens is 254 g/mol. The van der Waals surface area contributed by atoms with Crippen molar-refractivity contribution in [1.29, 1.82) is 0 Å². The molecule has 0 N–H and O–H groups in total. The summed E-state index contributed by atoms with van der Waals surface area (Å²) in [6.07, 6.45) is 0. The Labute approximate surface area is 111 Å². The third-order valence-corrected chi connectivity index (χ3v) is 4.99. The van der Waals surface area contributed by atoms with Gasteiger partial charge in [0.25, 0.3) is 10.2 Å². The van der Waals surface area contributed by atoms with Crippen LogP contribution < -0.4 is 0 Å². The molecule has 0 heterocycles. The fourth-order valence-corrected chi connectivity index (χ4v) is 3.02. The lowest BCUT2D eigenvalue weighted by molar-refractivity contribution is -0.130. The summed E-state index contributed by atoms with van der Waals surface area (Å²) >= 11 is 0. The summed E-state index contributed by atoms with van der Waals surface area (Å²) in [5, 5.41) is 0. The molecule has 0 aliphatic carbocycles. The van der Waals surface area contributed by atoms with Gasteiger partial charge >= 0.3 is 0 Å². The minimum Gasteiger partial charge on any atom is -0.342 e. The number of carbonyl (C=O) groups excluding carboxylic acids is 1. The first-order valence-electron chi connectivity index (χ1n) is 6.34. The van der Waals surface area contributed by atoms with Crippen molar-refractivity contribution in [3.63, 3.8) is 0 Å². The first-order valence-corrected chi connectivity index (χ1v) is 7.73. The van der Waals surface area contributed by atoms with Gasteiger partial charge in [0.2, 0.25) is 5.91 Å². The highest BCUT2D eigenvalue weighted by Gasteiger charge is 2.26. The summed E-state index contributed by atoms with van der Waals surface area (Å²) in [5.74, 6) is -0.168. The third kappa shape index (κ3) is 4.22. The van der Waals surface area contributed by atoms with Crippen LogP contribution in [0, 0.1) is 0 Å². The summed E-state index contributed by atoms with van der Waals surface area (Å²) in [4.78, 5) is 13.5. The Kier molecular flexibility index (Phi) is 7.42. The fourth-order valence-electron chi connectivity index (χ4n) is 1.70. The number of likely N-dealkylation sites (N-methyl/N-ethyl adjacent to an activating group) is 2. The van der Waals surface area contributed by atoms with E-state index >= 15 is 0 Å². The molecule has 0 aliphatic rings. The van der Waals surface area contributed by atoms with E-state index in [0.29, 0.717) is 26.2 Å². The lowest BCUT2D eigenvalue weighted by atomic mass is 10.4. The van der Waals surface area contributed by atoms with Crippen LogP contribution in [-0.2, 0) is 15.0 Å². The molecule has 0 fully saturated rings. The Bertz CT molecular complexity index is 349. The van der Waals surface area contributed by atoms with Crippen LogP contribution in [0.5, 0.6) is 0 Å². The quantitative estimate of drug-likeness (QED) is 0.645. The molecule has 7 heteroatoms. The number of rotatable bonds is 8. The maximum absolute atomic E-state index is 12.1. The molecule has 0 saturated heterocycles. The molecule has 1 amide bonds. The Morgan fingerprint density at radius 1 is 0.944 bits per heavy atom. The zero-order valence-electron chi connectivity index (χ0n) is 12.0. The van der Waals surface area contributed by atoms with Crippen molar-refractivity contribution in [2.45, 2.75) is 27.7 Å². The zero-order chi connectivity index (χ0) is 14.3. The largest absolute Gasteiger partial charge is 0.342 e. The smallest absolute Gasteiger partial charge is 0.282 e. The van der Waals surface area contributed by atoms with Crippen LogP contribution >= 0.6 is 0 Å². The van der Waals surface area contributed by atoms with Crippen molar-refractivity contribution in [2.24, 2.45) is 0 Å². The maximum Gasteiger partial charge on any atom is 0.282 e. The van der Waals surface area contributed by atoms with Gasteiger partial charge in [-0.25, -0.2) is 0 Å². The Morgan fingerprint density at radius 3 is 1.72 bits per heavy atom. The van der Waals surface area contributed by atoms with Gasteiger partial charge in [-0.2, -0.15) is 17.0 Å². The van der Waals surface area contributed by atoms with Gasteiger partial charge in [0.05, 0.1) is 6.54 Å². The second-order valence-electron chi connectivity index (χ2n) is 3.91. The van der Waals surface area contributed by atoms with E-state index in [1.54, 1.807) is 18.7 Å². The van der Waals surface area contributed by atoms with Gasteiger partial charge in [-0.15, -0.1) is 0 Å². The molecule has 0 aromatic heterocycles. The molecule has 0 aromatic carbocycles. The van der Waals surface area contributed by atoms with E-state index in [4.69, 9.17) is 0 Å². The number of amides is 1. The van der Waals surface area contributed by atoms with Gasteiger partial charge in [0.1, 0.15) is 0 Å². The Morgan fingerprint density at radius 2 is 1.39 bits per heavy atom. The topological polar surface area (TPSA) is 60.9 Å². The number of hydrogen-bond acceptors (Lipinski definition) is 3. The zero-order valence-corrected chi connectivity index (χ0v) is 12.8. The van der Waals surface area contributed by atoms with Crippen LogP contribution in [0.1, 0.15) is 27.7 Å². The molecule has 0 saturated carbocycles. The molecule has 0 unspecified atom stereocenters. The highest BCUT2D eigenvalue weighted by Crippen LogP contribution is 2.06. The third-order valence-electron chi connectivity index (χ3n) is 2.90. The molecule has 0 radical (unpaired) electrons. The van der Waals surface area contributed by atoms with Gasteiger partial charge in [-0.1, -0.05) is 13.8 Å². The predicted molar refractivity (Wildman–Crippen MR) is 72.4 cm³/mol. The van der Waals surface area contributed by atoms with E-state index in [0.717, 1.165) is 4.31 Å². The number of hydrogen-bond donors (Lipinski definition) is 0. The van der Waals surface area contributed by atoms with Crippen molar-refractivity contribution in [3.8, 4) is 0 Å². The molecule has 0 aliphatic heterocycles. The maximum atomic E-state index is 12.1. The molecule has 0 aromatic rings. The summed E-state index contributed by atoms with van der Waals surface area (Å²) in [6.45, 7) is 9.19. The van der Waals surface area contributed by atoms with Crippen molar-refractivity contribution >= 4 is 16.1 Å². The summed E-state index contributed by atoms with van der Waals surface area (Å²) < 4.78 is 26.7. The number of carbonyl (C=O) groups is 1. The van der Waals surface area contributed by atoms with E-state index in [9.17, 15) is 13.2 Å². The molecular formula is C11H25N3O3S. The molecule has 6 nitrogen and oxygen atoms in total. The van der Waals surface area contributed by atoms with Crippen LogP contribution in [-0.4, -0.2) is 67.6 Å². The lowest BCUT2D eigenvalue weighted by Gasteiger charge is -2.27. The SMILES string of the molecule is CCN(CC)C(=O)CN(C)S(=O)(=O)N(CC)CC. The monoisotopic (exact) mass is 279 g/mol. The van der Waals surface area contributed by atoms with Gasteiger partial charge in [-0.05, 0) is 13.8 Å². The van der Waals surface area contributed by atoms with E-state index in [2.05, 4.69) is 0 Å². The van der Waals surface area contributed by atoms with Crippen molar-refractivity contribution in [1.82, 2.24) is 13.5 Å². The van der Waals surface area contributed by atoms with Crippen LogP contribution in [0.15, 0.2) is 0 Å². The number of nitrogens with zero attached hydrogens (tertiary/aromatic N) is 3. The van der Waals surface area contributed by atoms with Crippen LogP contribution in [0.2, 0.25) is 0 Å². The first-order chi connectivity index (χ1) is 8.34. The van der Waals surface area contributed by atoms with Gasteiger partial charge in [0.15, 0.2) is 0 Å². The summed E-state index contributed by atoms with van der Waals surface area (Å²) in [7, 11) is -2.09. The first kappa shape index (κ1) is 17.3. The highest BCUT2D eigenvalue weighted by molar-refractivity contribution is 7.86. The average Bonchev–Trinajstić information content (AvgIpc) is 2.31. The van der Waals surface area contributed by atoms with Crippen LogP contribution in [0.25, 0.3) is 0 Å². The molecule has 18 heavy (non-hydrogen) atoms.